The average molecular weight is 267 g/mol. The number of rotatable bonds is 4. The normalized spacial score (nSPS) is 10.7. The van der Waals surface area contributed by atoms with E-state index in [1.54, 1.807) is 6.08 Å². The lowest BCUT2D eigenvalue weighted by atomic mass is 10.1. The largest absolute Gasteiger partial charge is 0.478 e. The molecule has 0 unspecified atom stereocenters. The second kappa shape index (κ2) is 6.06. The van der Waals surface area contributed by atoms with E-state index in [2.05, 4.69) is 17.9 Å². The highest BCUT2D eigenvalue weighted by molar-refractivity contribution is 5.87. The number of aryl methyl sites for hydroxylation is 1. The zero-order valence-corrected chi connectivity index (χ0v) is 11.6. The molecule has 2 aromatic rings. The van der Waals surface area contributed by atoms with E-state index in [9.17, 15) is 4.79 Å². The van der Waals surface area contributed by atoms with Gasteiger partial charge in [0.05, 0.1) is 0 Å². The summed E-state index contributed by atoms with van der Waals surface area (Å²) in [5.74, 6) is -0.946. The van der Waals surface area contributed by atoms with Crippen LogP contribution in [-0.2, 0) is 4.79 Å². The van der Waals surface area contributed by atoms with Gasteiger partial charge in [0.15, 0.2) is 0 Å². The lowest BCUT2D eigenvalue weighted by Gasteiger charge is -2.23. The molecule has 0 aromatic heterocycles. The van der Waals surface area contributed by atoms with Crippen LogP contribution in [-0.4, -0.2) is 18.1 Å². The predicted molar refractivity (Wildman–Crippen MR) is 82.4 cm³/mol. The number of nitrogens with zero attached hydrogens (tertiary/aromatic N) is 1. The second-order valence-corrected chi connectivity index (χ2v) is 4.58. The minimum absolute atomic E-state index is 0.876. The quantitative estimate of drug-likeness (QED) is 0.855. The third kappa shape index (κ3) is 3.06. The summed E-state index contributed by atoms with van der Waals surface area (Å²) in [4.78, 5) is 12.7. The molecule has 0 heterocycles. The van der Waals surface area contributed by atoms with Gasteiger partial charge in [-0.05, 0) is 36.3 Å². The van der Waals surface area contributed by atoms with Crippen molar-refractivity contribution in [3.8, 4) is 0 Å². The van der Waals surface area contributed by atoms with Crippen molar-refractivity contribution in [3.63, 3.8) is 0 Å². The number of anilines is 2. The third-order valence-corrected chi connectivity index (χ3v) is 3.18. The standard InChI is InChI=1S/C17H17NO2/c1-13-7-3-5-9-15(13)18(2)16-10-6-4-8-14(16)11-12-17(19)20/h3-12H,1-2H3,(H,19,20). The average Bonchev–Trinajstić information content (AvgIpc) is 2.45. The Labute approximate surface area is 118 Å². The Bertz CT molecular complexity index is 647. The summed E-state index contributed by atoms with van der Waals surface area (Å²) in [6, 6.07) is 15.8. The molecular formula is C17H17NO2. The fourth-order valence-corrected chi connectivity index (χ4v) is 2.16. The maximum Gasteiger partial charge on any atom is 0.328 e. The first-order valence-electron chi connectivity index (χ1n) is 6.39. The van der Waals surface area contributed by atoms with Crippen LogP contribution in [0.25, 0.3) is 6.08 Å². The van der Waals surface area contributed by atoms with Crippen LogP contribution in [0.5, 0.6) is 0 Å². The summed E-state index contributed by atoms with van der Waals surface area (Å²) >= 11 is 0. The van der Waals surface area contributed by atoms with E-state index in [0.717, 1.165) is 23.0 Å². The first kappa shape index (κ1) is 13.9. The molecule has 20 heavy (non-hydrogen) atoms. The number of benzene rings is 2. The van der Waals surface area contributed by atoms with Crippen molar-refractivity contribution < 1.29 is 9.90 Å². The Kier molecular flexibility index (Phi) is 4.20. The zero-order chi connectivity index (χ0) is 14.5. The lowest BCUT2D eigenvalue weighted by molar-refractivity contribution is -0.131. The van der Waals surface area contributed by atoms with E-state index in [0.29, 0.717) is 0 Å². The van der Waals surface area contributed by atoms with E-state index in [4.69, 9.17) is 5.11 Å². The first-order chi connectivity index (χ1) is 9.59. The minimum Gasteiger partial charge on any atom is -0.478 e. The van der Waals surface area contributed by atoms with E-state index < -0.39 is 5.97 Å². The van der Waals surface area contributed by atoms with E-state index in [1.165, 1.54) is 5.56 Å². The van der Waals surface area contributed by atoms with Crippen molar-refractivity contribution in [1.29, 1.82) is 0 Å². The monoisotopic (exact) mass is 267 g/mol. The Balaban J connectivity index is 2.42. The van der Waals surface area contributed by atoms with Gasteiger partial charge in [-0.3, -0.25) is 0 Å². The summed E-state index contributed by atoms with van der Waals surface area (Å²) in [7, 11) is 1.98. The van der Waals surface area contributed by atoms with Gasteiger partial charge < -0.3 is 10.0 Å². The molecule has 0 aliphatic heterocycles. The van der Waals surface area contributed by atoms with Gasteiger partial charge in [-0.15, -0.1) is 0 Å². The molecule has 0 saturated carbocycles. The molecule has 0 spiro atoms. The number of aliphatic carboxylic acids is 1. The number of hydrogen-bond donors (Lipinski definition) is 1. The smallest absolute Gasteiger partial charge is 0.328 e. The zero-order valence-electron chi connectivity index (χ0n) is 11.6. The predicted octanol–water partition coefficient (Wildman–Crippen LogP) is 3.86. The highest BCUT2D eigenvalue weighted by Gasteiger charge is 2.09. The fraction of sp³-hybridized carbons (Fsp3) is 0.118. The van der Waals surface area contributed by atoms with Crippen molar-refractivity contribution in [2.45, 2.75) is 6.92 Å². The van der Waals surface area contributed by atoms with Crippen molar-refractivity contribution in [2.75, 3.05) is 11.9 Å². The van der Waals surface area contributed by atoms with Crippen molar-refractivity contribution in [2.24, 2.45) is 0 Å². The maximum absolute atomic E-state index is 10.7. The molecule has 0 radical (unpaired) electrons. The second-order valence-electron chi connectivity index (χ2n) is 4.58. The molecule has 0 fully saturated rings. The molecule has 0 atom stereocenters. The summed E-state index contributed by atoms with van der Waals surface area (Å²) < 4.78 is 0. The van der Waals surface area contributed by atoms with Crippen LogP contribution in [0.1, 0.15) is 11.1 Å². The topological polar surface area (TPSA) is 40.5 Å². The van der Waals surface area contributed by atoms with Crippen molar-refractivity contribution >= 4 is 23.4 Å². The van der Waals surface area contributed by atoms with Crippen LogP contribution in [0.15, 0.2) is 54.6 Å². The Morgan fingerprint density at radius 1 is 1.05 bits per heavy atom. The van der Waals surface area contributed by atoms with Crippen LogP contribution >= 0.6 is 0 Å². The van der Waals surface area contributed by atoms with Gasteiger partial charge in [-0.1, -0.05) is 36.4 Å². The van der Waals surface area contributed by atoms with Gasteiger partial charge in [0.25, 0.3) is 0 Å². The van der Waals surface area contributed by atoms with Crippen LogP contribution in [0.2, 0.25) is 0 Å². The van der Waals surface area contributed by atoms with Gasteiger partial charge in [0.2, 0.25) is 0 Å². The highest BCUT2D eigenvalue weighted by Crippen LogP contribution is 2.29. The van der Waals surface area contributed by atoms with E-state index in [-0.39, 0.29) is 0 Å². The van der Waals surface area contributed by atoms with Crippen LogP contribution in [0.4, 0.5) is 11.4 Å². The van der Waals surface area contributed by atoms with E-state index >= 15 is 0 Å². The van der Waals surface area contributed by atoms with Crippen LogP contribution < -0.4 is 4.90 Å². The molecule has 0 amide bonds. The summed E-state index contributed by atoms with van der Waals surface area (Å²) in [6.45, 7) is 2.06. The summed E-state index contributed by atoms with van der Waals surface area (Å²) in [5.41, 5.74) is 4.12. The van der Waals surface area contributed by atoms with Gasteiger partial charge in [0, 0.05) is 24.5 Å². The molecule has 3 heteroatoms. The Morgan fingerprint density at radius 2 is 1.65 bits per heavy atom. The number of carboxylic acids is 1. The SMILES string of the molecule is Cc1ccccc1N(C)c1ccccc1C=CC(=O)O. The third-order valence-electron chi connectivity index (χ3n) is 3.18. The van der Waals surface area contributed by atoms with Gasteiger partial charge >= 0.3 is 5.97 Å². The lowest BCUT2D eigenvalue weighted by Crippen LogP contribution is -2.12. The molecule has 3 nitrogen and oxygen atoms in total. The Hall–Kier alpha value is -2.55. The molecular weight excluding hydrogens is 250 g/mol. The summed E-state index contributed by atoms with van der Waals surface area (Å²) in [5, 5.41) is 8.77. The number of carbonyl (C=O) groups is 1. The van der Waals surface area contributed by atoms with Crippen molar-refractivity contribution in [3.05, 3.63) is 65.7 Å². The molecule has 0 saturated heterocycles. The highest BCUT2D eigenvalue weighted by atomic mass is 16.4. The molecule has 0 bridgehead atoms. The molecule has 2 aromatic carbocycles. The number of carboxylic acid groups (broad SMARTS) is 1. The van der Waals surface area contributed by atoms with Gasteiger partial charge in [0.1, 0.15) is 0 Å². The fourth-order valence-electron chi connectivity index (χ4n) is 2.16. The first-order valence-corrected chi connectivity index (χ1v) is 6.39. The Morgan fingerprint density at radius 3 is 2.30 bits per heavy atom. The number of hydrogen-bond acceptors (Lipinski definition) is 2. The van der Waals surface area contributed by atoms with Crippen molar-refractivity contribution in [1.82, 2.24) is 0 Å². The van der Waals surface area contributed by atoms with E-state index in [1.807, 2.05) is 49.5 Å². The summed E-state index contributed by atoms with van der Waals surface area (Å²) in [6.07, 6.45) is 2.77. The maximum atomic E-state index is 10.7. The molecule has 2 rings (SSSR count). The van der Waals surface area contributed by atoms with Crippen LogP contribution in [0.3, 0.4) is 0 Å². The molecule has 0 aliphatic carbocycles. The minimum atomic E-state index is -0.946. The van der Waals surface area contributed by atoms with Crippen LogP contribution in [0, 0.1) is 6.92 Å². The molecule has 102 valence electrons. The van der Waals surface area contributed by atoms with Gasteiger partial charge in [-0.2, -0.15) is 0 Å². The molecule has 0 aliphatic rings. The molecule has 1 N–H and O–H groups in total. The number of para-hydroxylation sites is 2. The van der Waals surface area contributed by atoms with Gasteiger partial charge in [-0.25, -0.2) is 4.79 Å².